The van der Waals surface area contributed by atoms with Gasteiger partial charge in [0.05, 0.1) is 15.7 Å². The van der Waals surface area contributed by atoms with E-state index >= 15 is 0 Å². The summed E-state index contributed by atoms with van der Waals surface area (Å²) in [4.78, 5) is 24.6. The smallest absolute Gasteiger partial charge is 0.394 e. The van der Waals surface area contributed by atoms with Crippen LogP contribution in [0.4, 0.5) is 5.69 Å². The van der Waals surface area contributed by atoms with Crippen LogP contribution in [0.25, 0.3) is 0 Å². The Morgan fingerprint density at radius 2 is 1.79 bits per heavy atom. The third kappa shape index (κ3) is 2.34. The number of carbonyl (C=O) groups excluding carboxylic acids is 1. The number of rotatable bonds is 1. The van der Waals surface area contributed by atoms with Gasteiger partial charge in [0.25, 0.3) is 0 Å². The summed E-state index contributed by atoms with van der Waals surface area (Å²) in [5.74, 6) is -2.83. The van der Waals surface area contributed by atoms with Gasteiger partial charge in [-0.3, -0.25) is 9.78 Å². The normalized spacial score (nSPS) is 9.57. The number of aromatic nitrogens is 1. The highest BCUT2D eigenvalue weighted by atomic mass is 35.5. The first-order valence-corrected chi connectivity index (χ1v) is 4.11. The number of anilines is 1. The Bertz CT molecular complexity index is 374. The molecular weight excluding hydrogens is 231 g/mol. The maximum absolute atomic E-state index is 10.8. The molecule has 5 nitrogen and oxygen atoms in total. The van der Waals surface area contributed by atoms with Crippen molar-refractivity contribution in [2.75, 3.05) is 5.32 Å². The minimum Gasteiger partial charge on any atom is -0.474 e. The highest BCUT2D eigenvalue weighted by Gasteiger charge is 2.15. The maximum Gasteiger partial charge on any atom is 0.394 e. The van der Waals surface area contributed by atoms with Gasteiger partial charge in [-0.05, 0) is 0 Å². The molecule has 0 unspecified atom stereocenters. The third-order valence-electron chi connectivity index (χ3n) is 1.29. The molecule has 0 bridgehead atoms. The number of nitrogens with one attached hydrogen (secondary N) is 1. The predicted octanol–water partition coefficient (Wildman–Crippen LogP) is 1.41. The second-order valence-corrected chi connectivity index (χ2v) is 3.05. The van der Waals surface area contributed by atoms with Gasteiger partial charge < -0.3 is 10.4 Å². The standard InChI is InChI=1S/C7H4Cl2N2O3/c8-3-1-10-2-4(9)5(3)11-6(12)7(13)14/h1-2H,(H,13,14)(H,10,11,12). The average Bonchev–Trinajstić information content (AvgIpc) is 2.11. The number of carbonyl (C=O) groups is 2. The van der Waals surface area contributed by atoms with Crippen LogP contribution >= 0.6 is 23.2 Å². The Hall–Kier alpha value is -1.33. The second-order valence-electron chi connectivity index (χ2n) is 2.24. The molecule has 1 aromatic rings. The Morgan fingerprint density at radius 1 is 1.29 bits per heavy atom. The molecule has 0 saturated heterocycles. The van der Waals surface area contributed by atoms with E-state index in [-0.39, 0.29) is 15.7 Å². The van der Waals surface area contributed by atoms with E-state index in [0.29, 0.717) is 0 Å². The molecule has 7 heteroatoms. The van der Waals surface area contributed by atoms with Gasteiger partial charge in [0, 0.05) is 12.4 Å². The van der Waals surface area contributed by atoms with Crippen LogP contribution in [0.3, 0.4) is 0 Å². The zero-order chi connectivity index (χ0) is 10.7. The number of hydrogen-bond donors (Lipinski definition) is 2. The molecule has 74 valence electrons. The first-order chi connectivity index (χ1) is 6.52. The number of halogens is 2. The molecule has 14 heavy (non-hydrogen) atoms. The van der Waals surface area contributed by atoms with Crippen LogP contribution < -0.4 is 5.32 Å². The van der Waals surface area contributed by atoms with Crippen LogP contribution in [0.1, 0.15) is 0 Å². The summed E-state index contributed by atoms with van der Waals surface area (Å²) in [5, 5.41) is 10.5. The number of nitrogens with zero attached hydrogens (tertiary/aromatic N) is 1. The van der Waals surface area contributed by atoms with Crippen LogP contribution in [0.5, 0.6) is 0 Å². The van der Waals surface area contributed by atoms with E-state index in [0.717, 1.165) is 0 Å². The number of carboxylic acids is 1. The monoisotopic (exact) mass is 234 g/mol. The molecule has 0 spiro atoms. The van der Waals surface area contributed by atoms with Crippen LogP contribution in [0, 0.1) is 0 Å². The molecule has 1 aromatic heterocycles. The van der Waals surface area contributed by atoms with Gasteiger partial charge in [-0.15, -0.1) is 0 Å². The van der Waals surface area contributed by atoms with Crippen molar-refractivity contribution in [3.05, 3.63) is 22.4 Å². The lowest BCUT2D eigenvalue weighted by molar-refractivity contribution is -0.147. The number of amides is 1. The fraction of sp³-hybridized carbons (Fsp3) is 0. The molecule has 0 saturated carbocycles. The fourth-order valence-corrected chi connectivity index (χ4v) is 1.16. The molecule has 0 aliphatic rings. The molecular formula is C7H4Cl2N2O3. The van der Waals surface area contributed by atoms with Crippen molar-refractivity contribution in [3.8, 4) is 0 Å². The van der Waals surface area contributed by atoms with Gasteiger partial charge in [0.2, 0.25) is 0 Å². The summed E-state index contributed by atoms with van der Waals surface area (Å²) in [5.41, 5.74) is 0.0377. The van der Waals surface area contributed by atoms with E-state index in [1.807, 2.05) is 5.32 Å². The fourth-order valence-electron chi connectivity index (χ4n) is 0.698. The molecule has 0 atom stereocenters. The van der Waals surface area contributed by atoms with Crippen molar-refractivity contribution in [1.82, 2.24) is 4.98 Å². The van der Waals surface area contributed by atoms with Gasteiger partial charge in [-0.2, -0.15) is 0 Å². The van der Waals surface area contributed by atoms with Gasteiger partial charge in [-0.25, -0.2) is 4.79 Å². The maximum atomic E-state index is 10.8. The average molecular weight is 235 g/mol. The lowest BCUT2D eigenvalue weighted by Crippen LogP contribution is -2.22. The predicted molar refractivity (Wildman–Crippen MR) is 50.5 cm³/mol. The van der Waals surface area contributed by atoms with Crippen LogP contribution in [-0.2, 0) is 9.59 Å². The minimum atomic E-state index is -1.62. The first kappa shape index (κ1) is 10.7. The zero-order valence-electron chi connectivity index (χ0n) is 6.62. The summed E-state index contributed by atoms with van der Waals surface area (Å²) < 4.78 is 0. The van der Waals surface area contributed by atoms with E-state index in [1.165, 1.54) is 12.4 Å². The van der Waals surface area contributed by atoms with Crippen molar-refractivity contribution in [2.24, 2.45) is 0 Å². The summed E-state index contributed by atoms with van der Waals surface area (Å²) in [6.45, 7) is 0. The van der Waals surface area contributed by atoms with E-state index in [9.17, 15) is 9.59 Å². The molecule has 0 radical (unpaired) electrons. The number of pyridine rings is 1. The minimum absolute atomic E-state index is 0.0377. The Kier molecular flexibility index (Phi) is 3.27. The SMILES string of the molecule is O=C(O)C(=O)Nc1c(Cl)cncc1Cl. The van der Waals surface area contributed by atoms with Crippen molar-refractivity contribution in [1.29, 1.82) is 0 Å². The van der Waals surface area contributed by atoms with Crippen LogP contribution in [-0.4, -0.2) is 22.0 Å². The van der Waals surface area contributed by atoms with E-state index < -0.39 is 11.9 Å². The lowest BCUT2D eigenvalue weighted by atomic mass is 10.4. The van der Waals surface area contributed by atoms with Crippen LogP contribution in [0.2, 0.25) is 10.0 Å². The Labute approximate surface area is 88.7 Å². The van der Waals surface area contributed by atoms with Crippen molar-refractivity contribution in [3.63, 3.8) is 0 Å². The quantitative estimate of drug-likeness (QED) is 0.721. The lowest BCUT2D eigenvalue weighted by Gasteiger charge is -2.05. The zero-order valence-corrected chi connectivity index (χ0v) is 8.13. The molecule has 1 heterocycles. The van der Waals surface area contributed by atoms with Gasteiger partial charge >= 0.3 is 11.9 Å². The highest BCUT2D eigenvalue weighted by molar-refractivity contribution is 6.43. The molecule has 0 aliphatic heterocycles. The Morgan fingerprint density at radius 3 is 2.21 bits per heavy atom. The molecule has 0 aliphatic carbocycles. The number of hydrogen-bond acceptors (Lipinski definition) is 3. The number of aliphatic carboxylic acids is 1. The Balaban J connectivity index is 2.97. The van der Waals surface area contributed by atoms with Crippen molar-refractivity contribution < 1.29 is 14.7 Å². The van der Waals surface area contributed by atoms with Crippen LogP contribution in [0.15, 0.2) is 12.4 Å². The van der Waals surface area contributed by atoms with Crippen molar-refractivity contribution in [2.45, 2.75) is 0 Å². The van der Waals surface area contributed by atoms with E-state index in [1.54, 1.807) is 0 Å². The topological polar surface area (TPSA) is 79.3 Å². The molecule has 2 N–H and O–H groups in total. The molecule has 1 rings (SSSR count). The summed E-state index contributed by atoms with van der Waals surface area (Å²) >= 11 is 11.2. The third-order valence-corrected chi connectivity index (χ3v) is 1.86. The number of carboxylic acid groups (broad SMARTS) is 1. The largest absolute Gasteiger partial charge is 0.474 e. The molecule has 0 fully saturated rings. The van der Waals surface area contributed by atoms with E-state index in [4.69, 9.17) is 28.3 Å². The summed E-state index contributed by atoms with van der Waals surface area (Å²) in [6.07, 6.45) is 2.48. The van der Waals surface area contributed by atoms with Gasteiger partial charge in [-0.1, -0.05) is 23.2 Å². The van der Waals surface area contributed by atoms with Crippen molar-refractivity contribution >= 4 is 40.8 Å². The van der Waals surface area contributed by atoms with Gasteiger partial charge in [0.15, 0.2) is 0 Å². The summed E-state index contributed by atoms with van der Waals surface area (Å²) in [7, 11) is 0. The second kappa shape index (κ2) is 4.26. The van der Waals surface area contributed by atoms with E-state index in [2.05, 4.69) is 4.98 Å². The highest BCUT2D eigenvalue weighted by Crippen LogP contribution is 2.28. The van der Waals surface area contributed by atoms with Gasteiger partial charge in [0.1, 0.15) is 0 Å². The molecule has 1 amide bonds. The molecule has 0 aromatic carbocycles. The first-order valence-electron chi connectivity index (χ1n) is 3.35. The summed E-state index contributed by atoms with van der Waals surface area (Å²) in [6, 6.07) is 0.